The van der Waals surface area contributed by atoms with E-state index >= 15 is 0 Å². The summed E-state index contributed by atoms with van der Waals surface area (Å²) in [5.74, 6) is 1.14. The quantitative estimate of drug-likeness (QED) is 0.599. The lowest BCUT2D eigenvalue weighted by molar-refractivity contribution is 0.266. The van der Waals surface area contributed by atoms with Crippen LogP contribution in [0.1, 0.15) is 20.3 Å². The Hall–Kier alpha value is -1.73. The lowest BCUT2D eigenvalue weighted by Crippen LogP contribution is -2.37. The van der Waals surface area contributed by atoms with Gasteiger partial charge >= 0.3 is 0 Å². The maximum Gasteiger partial charge on any atom is 0.0918 e. The molecule has 2 aromatic carbocycles. The van der Waals surface area contributed by atoms with E-state index in [1.54, 1.807) is 0 Å². The van der Waals surface area contributed by atoms with Crippen LogP contribution >= 0.6 is 8.15 Å². The molecule has 0 saturated heterocycles. The second kappa shape index (κ2) is 10.6. The minimum Gasteiger partial charge on any atom is -0.348 e. The van der Waals surface area contributed by atoms with Gasteiger partial charge in [0.05, 0.1) is 14.8 Å². The van der Waals surface area contributed by atoms with Crippen molar-refractivity contribution in [3.63, 3.8) is 0 Å². The van der Waals surface area contributed by atoms with E-state index in [4.69, 9.17) is 4.52 Å². The van der Waals surface area contributed by atoms with Crippen LogP contribution in [-0.2, 0) is 4.52 Å². The summed E-state index contributed by atoms with van der Waals surface area (Å²) in [5, 5.41) is 6.27. The van der Waals surface area contributed by atoms with Crippen LogP contribution in [0.25, 0.3) is 0 Å². The number of hydrogen-bond donors (Lipinski definition) is 1. The Balaban J connectivity index is 1.67. The molecule has 1 N–H and O–H groups in total. The molecular formula is C24H30NOP. The van der Waals surface area contributed by atoms with Crippen molar-refractivity contribution >= 4 is 18.8 Å². The fourth-order valence-corrected chi connectivity index (χ4v) is 5.10. The molecule has 0 radical (unpaired) electrons. The van der Waals surface area contributed by atoms with Crippen molar-refractivity contribution in [2.24, 2.45) is 11.8 Å². The number of allylic oxidation sites excluding steroid dienone is 2. The molecular weight excluding hydrogens is 349 g/mol. The van der Waals surface area contributed by atoms with Crippen molar-refractivity contribution in [2.75, 3.05) is 13.2 Å². The first-order chi connectivity index (χ1) is 13.2. The van der Waals surface area contributed by atoms with E-state index in [1.165, 1.54) is 10.6 Å². The first-order valence-corrected chi connectivity index (χ1v) is 11.1. The zero-order chi connectivity index (χ0) is 18.9. The molecule has 142 valence electrons. The Morgan fingerprint density at radius 3 is 1.96 bits per heavy atom. The zero-order valence-electron chi connectivity index (χ0n) is 16.3. The molecule has 0 amide bonds. The SMILES string of the molecule is CC(C)C[C@H](COP(c1ccccc1)c1ccccc1)NCC1C=CC=C1. The number of rotatable bonds is 10. The second-order valence-corrected chi connectivity index (χ2v) is 9.31. The predicted octanol–water partition coefficient (Wildman–Crippen LogP) is 4.80. The fraction of sp³-hybridized carbons (Fsp3) is 0.333. The van der Waals surface area contributed by atoms with Gasteiger partial charge in [0, 0.05) is 29.1 Å². The van der Waals surface area contributed by atoms with Crippen LogP contribution in [0, 0.1) is 11.8 Å². The molecule has 2 aromatic rings. The molecule has 1 aliphatic rings. The topological polar surface area (TPSA) is 21.3 Å². The molecule has 0 unspecified atom stereocenters. The first kappa shape index (κ1) is 20.0. The van der Waals surface area contributed by atoms with Gasteiger partial charge in [0.1, 0.15) is 0 Å². The van der Waals surface area contributed by atoms with Crippen LogP contribution in [0.15, 0.2) is 85.0 Å². The molecule has 3 heteroatoms. The number of benzene rings is 2. The van der Waals surface area contributed by atoms with E-state index in [9.17, 15) is 0 Å². The van der Waals surface area contributed by atoms with Gasteiger partial charge < -0.3 is 9.84 Å². The Bertz CT molecular complexity index is 675. The van der Waals surface area contributed by atoms with E-state index in [1.807, 2.05) is 0 Å². The Kier molecular flexibility index (Phi) is 7.83. The third kappa shape index (κ3) is 6.43. The number of hydrogen-bond acceptors (Lipinski definition) is 2. The van der Waals surface area contributed by atoms with E-state index in [0.717, 1.165) is 19.6 Å². The molecule has 0 spiro atoms. The highest BCUT2D eigenvalue weighted by Gasteiger charge is 2.19. The van der Waals surface area contributed by atoms with Crippen LogP contribution < -0.4 is 15.9 Å². The van der Waals surface area contributed by atoms with Crippen molar-refractivity contribution in [3.8, 4) is 0 Å². The van der Waals surface area contributed by atoms with Crippen LogP contribution in [-0.4, -0.2) is 19.2 Å². The number of nitrogens with one attached hydrogen (secondary N) is 1. The predicted molar refractivity (Wildman–Crippen MR) is 118 cm³/mol. The Morgan fingerprint density at radius 1 is 0.889 bits per heavy atom. The van der Waals surface area contributed by atoms with Crippen molar-refractivity contribution in [1.29, 1.82) is 0 Å². The third-order valence-corrected chi connectivity index (χ3v) is 6.55. The zero-order valence-corrected chi connectivity index (χ0v) is 17.2. The van der Waals surface area contributed by atoms with Crippen LogP contribution in [0.5, 0.6) is 0 Å². The molecule has 27 heavy (non-hydrogen) atoms. The standard InChI is InChI=1S/C24H30NOP/c1-20(2)17-22(25-18-21-11-9-10-12-21)19-26-27(23-13-5-3-6-14-23)24-15-7-4-8-16-24/h3-16,20-22,25H,17-19H2,1-2H3/t22-/m1/s1. The van der Waals surface area contributed by atoms with Gasteiger partial charge in [0.2, 0.25) is 0 Å². The van der Waals surface area contributed by atoms with E-state index in [-0.39, 0.29) is 0 Å². The van der Waals surface area contributed by atoms with Crippen LogP contribution in [0.4, 0.5) is 0 Å². The minimum absolute atomic E-state index is 0.366. The molecule has 0 aliphatic heterocycles. The summed E-state index contributed by atoms with van der Waals surface area (Å²) >= 11 is 0. The largest absolute Gasteiger partial charge is 0.348 e. The lowest BCUT2D eigenvalue weighted by Gasteiger charge is -2.25. The molecule has 0 bridgehead atoms. The summed E-state index contributed by atoms with van der Waals surface area (Å²) in [5.41, 5.74) is 0. The molecule has 0 fully saturated rings. The highest BCUT2D eigenvalue weighted by molar-refractivity contribution is 7.68. The van der Waals surface area contributed by atoms with E-state index < -0.39 is 8.15 Å². The van der Waals surface area contributed by atoms with Gasteiger partial charge in [0.25, 0.3) is 0 Å². The molecule has 0 heterocycles. The summed E-state index contributed by atoms with van der Waals surface area (Å²) in [6.07, 6.45) is 9.88. The smallest absolute Gasteiger partial charge is 0.0918 e. The monoisotopic (exact) mass is 379 g/mol. The molecule has 0 saturated carbocycles. The van der Waals surface area contributed by atoms with Crippen molar-refractivity contribution < 1.29 is 4.52 Å². The van der Waals surface area contributed by atoms with Gasteiger partial charge in [-0.15, -0.1) is 0 Å². The maximum absolute atomic E-state index is 6.56. The van der Waals surface area contributed by atoms with Crippen molar-refractivity contribution in [3.05, 3.63) is 85.0 Å². The normalized spacial score (nSPS) is 15.1. The lowest BCUT2D eigenvalue weighted by atomic mass is 10.0. The third-order valence-electron chi connectivity index (χ3n) is 4.61. The summed E-state index contributed by atoms with van der Waals surface area (Å²) < 4.78 is 6.56. The van der Waals surface area contributed by atoms with Gasteiger partial charge in [-0.25, -0.2) is 0 Å². The second-order valence-electron chi connectivity index (χ2n) is 7.43. The van der Waals surface area contributed by atoms with Crippen LogP contribution in [0.3, 0.4) is 0 Å². The highest BCUT2D eigenvalue weighted by atomic mass is 31.1. The van der Waals surface area contributed by atoms with Gasteiger partial charge in [-0.2, -0.15) is 0 Å². The van der Waals surface area contributed by atoms with Gasteiger partial charge in [-0.3, -0.25) is 0 Å². The van der Waals surface area contributed by atoms with Gasteiger partial charge in [0.15, 0.2) is 0 Å². The summed E-state index contributed by atoms with van der Waals surface area (Å²) in [4.78, 5) is 0. The molecule has 2 nitrogen and oxygen atoms in total. The van der Waals surface area contributed by atoms with Crippen LogP contribution in [0.2, 0.25) is 0 Å². The summed E-state index contributed by atoms with van der Waals surface area (Å²) in [7, 11) is -0.797. The molecule has 3 rings (SSSR count). The maximum atomic E-state index is 6.56. The fourth-order valence-electron chi connectivity index (χ4n) is 3.29. The Labute approximate surface area is 165 Å². The van der Waals surface area contributed by atoms with Gasteiger partial charge in [-0.05, 0) is 12.3 Å². The summed E-state index contributed by atoms with van der Waals surface area (Å²) in [6, 6.07) is 21.6. The average molecular weight is 379 g/mol. The summed E-state index contributed by atoms with van der Waals surface area (Å²) in [6.45, 7) is 6.26. The minimum atomic E-state index is -0.797. The van der Waals surface area contributed by atoms with E-state index in [2.05, 4.69) is 104 Å². The average Bonchev–Trinajstić information content (AvgIpc) is 3.21. The van der Waals surface area contributed by atoms with Gasteiger partial charge in [-0.1, -0.05) is 98.8 Å². The van der Waals surface area contributed by atoms with Crippen molar-refractivity contribution in [1.82, 2.24) is 5.32 Å². The first-order valence-electron chi connectivity index (χ1n) is 9.84. The highest BCUT2D eigenvalue weighted by Crippen LogP contribution is 2.35. The molecule has 0 aromatic heterocycles. The molecule has 1 atom stereocenters. The molecule has 1 aliphatic carbocycles. The van der Waals surface area contributed by atoms with Crippen molar-refractivity contribution in [2.45, 2.75) is 26.3 Å². The van der Waals surface area contributed by atoms with E-state index in [0.29, 0.717) is 17.9 Å². The Morgan fingerprint density at radius 2 is 1.44 bits per heavy atom.